The van der Waals surface area contributed by atoms with Crippen LogP contribution in [0, 0.1) is 6.92 Å². The van der Waals surface area contributed by atoms with Crippen LogP contribution in [-0.2, 0) is 26.2 Å². The minimum Gasteiger partial charge on any atom is -0.352 e. The third-order valence-corrected chi connectivity index (χ3v) is 6.18. The number of carbonyl (C=O) groups is 2. The fraction of sp³-hybridized carbons (Fsp3) is 0.391. The molecule has 9 heteroatoms. The summed E-state index contributed by atoms with van der Waals surface area (Å²) in [5.41, 5.74) is 1.99. The van der Waals surface area contributed by atoms with Gasteiger partial charge >= 0.3 is 0 Å². The maximum absolute atomic E-state index is 13.4. The second-order valence-corrected chi connectivity index (χ2v) is 10.4. The fourth-order valence-electron chi connectivity index (χ4n) is 3.22. The largest absolute Gasteiger partial charge is 0.352 e. The number of nitrogens with zero attached hydrogens (tertiary/aromatic N) is 2. The van der Waals surface area contributed by atoms with E-state index in [0.29, 0.717) is 10.7 Å². The van der Waals surface area contributed by atoms with E-state index in [1.807, 2.05) is 26.8 Å². The molecule has 0 aliphatic carbocycles. The third-order valence-electron chi connectivity index (χ3n) is 4.81. The van der Waals surface area contributed by atoms with Gasteiger partial charge in [-0.15, -0.1) is 0 Å². The van der Waals surface area contributed by atoms with Gasteiger partial charge in [0.15, 0.2) is 0 Å². The van der Waals surface area contributed by atoms with Crippen LogP contribution >= 0.6 is 11.6 Å². The molecule has 0 aliphatic rings. The van der Waals surface area contributed by atoms with Crippen molar-refractivity contribution >= 4 is 39.1 Å². The summed E-state index contributed by atoms with van der Waals surface area (Å²) in [6, 6.07) is 13.0. The highest BCUT2D eigenvalue weighted by molar-refractivity contribution is 7.92. The van der Waals surface area contributed by atoms with Crippen molar-refractivity contribution in [3.8, 4) is 0 Å². The molecule has 0 saturated heterocycles. The van der Waals surface area contributed by atoms with Gasteiger partial charge in [-0.2, -0.15) is 0 Å². The predicted octanol–water partition coefficient (Wildman–Crippen LogP) is 3.36. The second kappa shape index (κ2) is 10.8. The quantitative estimate of drug-likeness (QED) is 0.597. The zero-order valence-corrected chi connectivity index (χ0v) is 20.6. The van der Waals surface area contributed by atoms with Gasteiger partial charge in [-0.25, -0.2) is 8.42 Å². The van der Waals surface area contributed by atoms with E-state index in [-0.39, 0.29) is 18.5 Å². The van der Waals surface area contributed by atoms with Gasteiger partial charge in [-0.1, -0.05) is 35.9 Å². The molecular formula is C23H30ClN3O4S. The van der Waals surface area contributed by atoms with Crippen LogP contribution in [0.3, 0.4) is 0 Å². The van der Waals surface area contributed by atoms with E-state index in [9.17, 15) is 18.0 Å². The van der Waals surface area contributed by atoms with Gasteiger partial charge in [-0.05, 0) is 63.1 Å². The van der Waals surface area contributed by atoms with E-state index < -0.39 is 28.5 Å². The molecule has 7 nitrogen and oxygen atoms in total. The number of rotatable bonds is 9. The first kappa shape index (κ1) is 25.7. The topological polar surface area (TPSA) is 86.8 Å². The number of sulfonamides is 1. The summed E-state index contributed by atoms with van der Waals surface area (Å²) < 4.78 is 26.1. The zero-order valence-electron chi connectivity index (χ0n) is 19.0. The monoisotopic (exact) mass is 479 g/mol. The molecule has 32 heavy (non-hydrogen) atoms. The summed E-state index contributed by atoms with van der Waals surface area (Å²) in [5, 5.41) is 3.31. The zero-order chi connectivity index (χ0) is 24.1. The summed E-state index contributed by atoms with van der Waals surface area (Å²) >= 11 is 6.09. The lowest BCUT2D eigenvalue weighted by Crippen LogP contribution is -2.52. The van der Waals surface area contributed by atoms with Crippen LogP contribution in [0.1, 0.15) is 31.9 Å². The summed E-state index contributed by atoms with van der Waals surface area (Å²) in [4.78, 5) is 27.4. The van der Waals surface area contributed by atoms with Gasteiger partial charge in [0.05, 0.1) is 11.9 Å². The maximum Gasteiger partial charge on any atom is 0.244 e. The Hall–Kier alpha value is -2.58. The number of aryl methyl sites for hydroxylation is 1. The Balaban J connectivity index is 2.39. The Kier molecular flexibility index (Phi) is 8.69. The molecule has 2 aromatic carbocycles. The number of benzene rings is 2. The molecule has 0 unspecified atom stereocenters. The standard InChI is InChI=1S/C23H30ClN3O4S/c1-16(2)25-23(29)18(4)26(14-19-9-7-10-20(24)13-19)22(28)15-27(32(5,30)31)21-11-6-8-17(3)12-21/h6-13,16,18H,14-15H2,1-5H3,(H,25,29)/t18-/m1/s1. The average molecular weight is 480 g/mol. The van der Waals surface area contributed by atoms with Crippen molar-refractivity contribution in [2.45, 2.75) is 46.3 Å². The molecule has 0 aromatic heterocycles. The number of hydrogen-bond acceptors (Lipinski definition) is 4. The Bertz CT molecular complexity index is 1070. The first-order chi connectivity index (χ1) is 14.9. The molecule has 0 fully saturated rings. The fourth-order valence-corrected chi connectivity index (χ4v) is 4.27. The molecule has 2 amide bonds. The van der Waals surface area contributed by atoms with Crippen LogP contribution in [0.4, 0.5) is 5.69 Å². The molecule has 2 rings (SSSR count). The normalized spacial score (nSPS) is 12.3. The van der Waals surface area contributed by atoms with Gasteiger partial charge in [-0.3, -0.25) is 13.9 Å². The average Bonchev–Trinajstić information content (AvgIpc) is 2.68. The third kappa shape index (κ3) is 7.24. The summed E-state index contributed by atoms with van der Waals surface area (Å²) in [5.74, 6) is -0.819. The molecule has 2 aromatic rings. The lowest BCUT2D eigenvalue weighted by molar-refractivity contribution is -0.139. The highest BCUT2D eigenvalue weighted by Gasteiger charge is 2.30. The lowest BCUT2D eigenvalue weighted by Gasteiger charge is -2.32. The number of hydrogen-bond donors (Lipinski definition) is 1. The molecule has 0 bridgehead atoms. The van der Waals surface area contributed by atoms with E-state index in [0.717, 1.165) is 21.7 Å². The summed E-state index contributed by atoms with van der Waals surface area (Å²) in [7, 11) is -3.74. The van der Waals surface area contributed by atoms with Crippen molar-refractivity contribution in [1.82, 2.24) is 10.2 Å². The van der Waals surface area contributed by atoms with Crippen LogP contribution in [0.2, 0.25) is 5.02 Å². The SMILES string of the molecule is Cc1cccc(N(CC(=O)N(Cc2cccc(Cl)c2)[C@H](C)C(=O)NC(C)C)S(C)(=O)=O)c1. The number of carbonyl (C=O) groups excluding carboxylic acids is 2. The van der Waals surface area contributed by atoms with Crippen LogP contribution in [-0.4, -0.2) is 50.0 Å². The Morgan fingerprint density at radius 2 is 1.72 bits per heavy atom. The molecule has 0 aliphatic heterocycles. The molecule has 0 spiro atoms. The van der Waals surface area contributed by atoms with E-state index in [1.165, 1.54) is 4.90 Å². The van der Waals surface area contributed by atoms with Crippen LogP contribution < -0.4 is 9.62 Å². The second-order valence-electron chi connectivity index (χ2n) is 8.10. The van der Waals surface area contributed by atoms with Crippen molar-refractivity contribution in [3.63, 3.8) is 0 Å². The number of halogens is 1. The van der Waals surface area contributed by atoms with Gasteiger partial charge in [0.1, 0.15) is 12.6 Å². The minimum atomic E-state index is -3.74. The van der Waals surface area contributed by atoms with E-state index in [1.54, 1.807) is 49.4 Å². The van der Waals surface area contributed by atoms with Crippen molar-refractivity contribution in [1.29, 1.82) is 0 Å². The van der Waals surface area contributed by atoms with Crippen LogP contribution in [0.15, 0.2) is 48.5 Å². The molecule has 1 N–H and O–H groups in total. The van der Waals surface area contributed by atoms with E-state index in [4.69, 9.17) is 11.6 Å². The van der Waals surface area contributed by atoms with Crippen molar-refractivity contribution in [2.24, 2.45) is 0 Å². The highest BCUT2D eigenvalue weighted by Crippen LogP contribution is 2.21. The number of amides is 2. The van der Waals surface area contributed by atoms with Crippen LogP contribution in [0.25, 0.3) is 0 Å². The molecule has 0 saturated carbocycles. The molecule has 1 atom stereocenters. The Morgan fingerprint density at radius 3 is 2.28 bits per heavy atom. The minimum absolute atomic E-state index is 0.104. The predicted molar refractivity (Wildman–Crippen MR) is 128 cm³/mol. The molecular weight excluding hydrogens is 450 g/mol. The molecule has 174 valence electrons. The van der Waals surface area contributed by atoms with Crippen molar-refractivity contribution in [2.75, 3.05) is 17.1 Å². The van der Waals surface area contributed by atoms with Crippen molar-refractivity contribution in [3.05, 3.63) is 64.7 Å². The highest BCUT2D eigenvalue weighted by atomic mass is 35.5. The molecule has 0 radical (unpaired) electrons. The lowest BCUT2D eigenvalue weighted by atomic mass is 10.1. The first-order valence-electron chi connectivity index (χ1n) is 10.3. The Morgan fingerprint density at radius 1 is 1.06 bits per heavy atom. The number of anilines is 1. The van der Waals surface area contributed by atoms with Gasteiger partial charge in [0.25, 0.3) is 0 Å². The first-order valence-corrected chi connectivity index (χ1v) is 12.5. The molecule has 0 heterocycles. The maximum atomic E-state index is 13.4. The van der Waals surface area contributed by atoms with E-state index >= 15 is 0 Å². The van der Waals surface area contributed by atoms with Crippen molar-refractivity contribution < 1.29 is 18.0 Å². The Labute approximate surface area is 195 Å². The summed E-state index contributed by atoms with van der Waals surface area (Å²) in [6.07, 6.45) is 1.05. The van der Waals surface area contributed by atoms with Gasteiger partial charge in [0.2, 0.25) is 21.8 Å². The van der Waals surface area contributed by atoms with Crippen LogP contribution in [0.5, 0.6) is 0 Å². The van der Waals surface area contributed by atoms with Gasteiger partial charge < -0.3 is 10.2 Å². The van der Waals surface area contributed by atoms with Gasteiger partial charge in [0, 0.05) is 17.6 Å². The summed E-state index contributed by atoms with van der Waals surface area (Å²) in [6.45, 7) is 6.81. The number of nitrogens with one attached hydrogen (secondary N) is 1. The smallest absolute Gasteiger partial charge is 0.244 e. The van der Waals surface area contributed by atoms with E-state index in [2.05, 4.69) is 5.32 Å².